The molecule has 2 aromatic carbocycles. The number of halogens is 1. The highest BCUT2D eigenvalue weighted by molar-refractivity contribution is 9.10. The first-order valence-corrected chi connectivity index (χ1v) is 7.37. The predicted octanol–water partition coefficient (Wildman–Crippen LogP) is 3.84. The van der Waals surface area contributed by atoms with E-state index in [4.69, 9.17) is 5.26 Å². The fourth-order valence-electron chi connectivity index (χ4n) is 2.11. The lowest BCUT2D eigenvalue weighted by Crippen LogP contribution is -2.09. The third-order valence-corrected chi connectivity index (χ3v) is 3.65. The highest BCUT2D eigenvalue weighted by Gasteiger charge is 2.07. The minimum Gasteiger partial charge on any atom is -0.338 e. The normalized spacial score (nSPS) is 10.4. The second kappa shape index (κ2) is 6.00. The van der Waals surface area contributed by atoms with Crippen molar-refractivity contribution in [1.82, 2.24) is 9.97 Å². The zero-order chi connectivity index (χ0) is 15.5. The average Bonchev–Trinajstić information content (AvgIpc) is 2.91. The van der Waals surface area contributed by atoms with Gasteiger partial charge in [0.1, 0.15) is 12.2 Å². The molecule has 3 aromatic rings. The molecule has 0 saturated heterocycles. The molecular weight excluding hydrogens is 344 g/mol. The number of H-pyrrole nitrogens is 1. The van der Waals surface area contributed by atoms with E-state index >= 15 is 0 Å². The van der Waals surface area contributed by atoms with Gasteiger partial charge in [-0.1, -0.05) is 28.1 Å². The van der Waals surface area contributed by atoms with Crippen LogP contribution < -0.4 is 5.32 Å². The van der Waals surface area contributed by atoms with Gasteiger partial charge in [0.05, 0.1) is 17.1 Å². The zero-order valence-corrected chi connectivity index (χ0v) is 13.0. The van der Waals surface area contributed by atoms with Crippen LogP contribution in [0.1, 0.15) is 6.42 Å². The van der Waals surface area contributed by atoms with Gasteiger partial charge in [-0.25, -0.2) is 4.98 Å². The van der Waals surface area contributed by atoms with Crippen molar-refractivity contribution in [3.8, 4) is 17.5 Å². The second-order valence-electron chi connectivity index (χ2n) is 4.71. The number of anilines is 1. The Labute approximate surface area is 135 Å². The van der Waals surface area contributed by atoms with Crippen LogP contribution in [-0.2, 0) is 4.79 Å². The van der Waals surface area contributed by atoms with Gasteiger partial charge >= 0.3 is 0 Å². The van der Waals surface area contributed by atoms with E-state index in [0.29, 0.717) is 5.69 Å². The summed E-state index contributed by atoms with van der Waals surface area (Å²) >= 11 is 3.40. The molecule has 0 fully saturated rings. The number of nitrogens with zero attached hydrogens (tertiary/aromatic N) is 2. The maximum absolute atomic E-state index is 11.4. The van der Waals surface area contributed by atoms with Crippen LogP contribution in [0.2, 0.25) is 0 Å². The van der Waals surface area contributed by atoms with Crippen molar-refractivity contribution < 1.29 is 4.79 Å². The van der Waals surface area contributed by atoms with Gasteiger partial charge in [0.25, 0.3) is 0 Å². The molecule has 2 N–H and O–H groups in total. The summed E-state index contributed by atoms with van der Waals surface area (Å²) in [7, 11) is 0. The first-order valence-electron chi connectivity index (χ1n) is 6.58. The Kier molecular flexibility index (Phi) is 3.90. The first kappa shape index (κ1) is 14.3. The van der Waals surface area contributed by atoms with Crippen LogP contribution in [0, 0.1) is 11.3 Å². The Morgan fingerprint density at radius 2 is 2.05 bits per heavy atom. The smallest absolute Gasteiger partial charge is 0.238 e. The number of nitriles is 1. The van der Waals surface area contributed by atoms with Gasteiger partial charge in [-0.2, -0.15) is 5.26 Å². The highest BCUT2D eigenvalue weighted by Crippen LogP contribution is 2.24. The van der Waals surface area contributed by atoms with Crippen LogP contribution in [-0.4, -0.2) is 15.9 Å². The van der Waals surface area contributed by atoms with E-state index in [1.807, 2.05) is 36.4 Å². The maximum Gasteiger partial charge on any atom is 0.238 e. The molecule has 0 bridgehead atoms. The Bertz CT molecular complexity index is 877. The van der Waals surface area contributed by atoms with Gasteiger partial charge < -0.3 is 10.3 Å². The number of hydrogen-bond acceptors (Lipinski definition) is 3. The third-order valence-electron chi connectivity index (χ3n) is 3.12. The highest BCUT2D eigenvalue weighted by atomic mass is 79.9. The molecule has 0 aliphatic heterocycles. The van der Waals surface area contributed by atoms with Crippen LogP contribution in [0.5, 0.6) is 0 Å². The molecule has 1 aromatic heterocycles. The summed E-state index contributed by atoms with van der Waals surface area (Å²) in [6.07, 6.45) is -0.162. The number of carbonyl (C=O) groups is 1. The van der Waals surface area contributed by atoms with Crippen molar-refractivity contribution in [2.24, 2.45) is 0 Å². The van der Waals surface area contributed by atoms with Gasteiger partial charge in [0.2, 0.25) is 5.91 Å². The second-order valence-corrected chi connectivity index (χ2v) is 5.62. The Balaban J connectivity index is 1.92. The number of fused-ring (bicyclic) bond motifs is 1. The molecular formula is C16H11BrN4O. The summed E-state index contributed by atoms with van der Waals surface area (Å²) in [6.45, 7) is 0. The molecule has 5 nitrogen and oxygen atoms in total. The first-order chi connectivity index (χ1) is 10.7. The van der Waals surface area contributed by atoms with Gasteiger partial charge in [-0.15, -0.1) is 0 Å². The van der Waals surface area contributed by atoms with Gasteiger partial charge in [0.15, 0.2) is 0 Å². The minimum absolute atomic E-state index is 0.162. The molecule has 0 spiro atoms. The summed E-state index contributed by atoms with van der Waals surface area (Å²) in [5.74, 6) is 0.442. The van der Waals surface area contributed by atoms with Crippen LogP contribution in [0.4, 0.5) is 5.69 Å². The number of rotatable bonds is 3. The van der Waals surface area contributed by atoms with E-state index in [-0.39, 0.29) is 12.3 Å². The molecule has 0 aliphatic carbocycles. The minimum atomic E-state index is -0.325. The van der Waals surface area contributed by atoms with Crippen molar-refractivity contribution in [2.75, 3.05) is 5.32 Å². The topological polar surface area (TPSA) is 81.6 Å². The predicted molar refractivity (Wildman–Crippen MR) is 88.1 cm³/mol. The molecule has 0 saturated carbocycles. The molecule has 108 valence electrons. The van der Waals surface area contributed by atoms with E-state index < -0.39 is 0 Å². The number of carbonyl (C=O) groups excluding carboxylic acids is 1. The largest absolute Gasteiger partial charge is 0.338 e. The SMILES string of the molecule is N#CCC(=O)Nc1ccc2nc(-c3ccc(Br)cc3)[nH]c2c1. The van der Waals surface area contributed by atoms with E-state index in [0.717, 1.165) is 26.9 Å². The fourth-order valence-corrected chi connectivity index (χ4v) is 2.37. The van der Waals surface area contributed by atoms with E-state index in [1.165, 1.54) is 0 Å². The Morgan fingerprint density at radius 1 is 1.27 bits per heavy atom. The number of amides is 1. The van der Waals surface area contributed by atoms with Crippen LogP contribution in [0.3, 0.4) is 0 Å². The summed E-state index contributed by atoms with van der Waals surface area (Å²) in [5, 5.41) is 11.2. The van der Waals surface area contributed by atoms with Crippen LogP contribution in [0.15, 0.2) is 46.9 Å². The van der Waals surface area contributed by atoms with E-state index in [2.05, 4.69) is 31.2 Å². The maximum atomic E-state index is 11.4. The lowest BCUT2D eigenvalue weighted by molar-refractivity contribution is -0.115. The molecule has 22 heavy (non-hydrogen) atoms. The molecule has 0 atom stereocenters. The van der Waals surface area contributed by atoms with Crippen molar-refractivity contribution in [1.29, 1.82) is 5.26 Å². The van der Waals surface area contributed by atoms with Crippen molar-refractivity contribution in [3.63, 3.8) is 0 Å². The van der Waals surface area contributed by atoms with Crippen molar-refractivity contribution in [2.45, 2.75) is 6.42 Å². The van der Waals surface area contributed by atoms with Gasteiger partial charge in [-0.05, 0) is 30.3 Å². The molecule has 0 aliphatic rings. The van der Waals surface area contributed by atoms with E-state index in [9.17, 15) is 4.79 Å². The molecule has 1 amide bonds. The molecule has 0 radical (unpaired) electrons. The quantitative estimate of drug-likeness (QED) is 0.749. The summed E-state index contributed by atoms with van der Waals surface area (Å²) in [4.78, 5) is 19.2. The third kappa shape index (κ3) is 3.00. The molecule has 3 rings (SSSR count). The number of imidazole rings is 1. The van der Waals surface area contributed by atoms with Gasteiger partial charge in [0, 0.05) is 15.7 Å². The van der Waals surface area contributed by atoms with Crippen LogP contribution in [0.25, 0.3) is 22.4 Å². The number of hydrogen-bond donors (Lipinski definition) is 2. The molecule has 6 heteroatoms. The lowest BCUT2D eigenvalue weighted by Gasteiger charge is -2.01. The van der Waals surface area contributed by atoms with Crippen molar-refractivity contribution >= 4 is 38.6 Å². The Hall–Kier alpha value is -2.65. The van der Waals surface area contributed by atoms with E-state index in [1.54, 1.807) is 12.1 Å². The number of aromatic amines is 1. The monoisotopic (exact) mass is 354 g/mol. The number of nitrogens with one attached hydrogen (secondary N) is 2. The zero-order valence-electron chi connectivity index (χ0n) is 11.4. The standard InChI is InChI=1S/C16H11BrN4O/c17-11-3-1-10(2-4-11)16-20-13-6-5-12(9-14(13)21-16)19-15(22)7-8-18/h1-6,9H,7H2,(H,19,22)(H,20,21). The number of aromatic nitrogens is 2. The van der Waals surface area contributed by atoms with Crippen LogP contribution >= 0.6 is 15.9 Å². The Morgan fingerprint density at radius 3 is 2.77 bits per heavy atom. The lowest BCUT2D eigenvalue weighted by atomic mass is 10.2. The summed E-state index contributed by atoms with van der Waals surface area (Å²) < 4.78 is 1.01. The van der Waals surface area contributed by atoms with Gasteiger partial charge in [-0.3, -0.25) is 4.79 Å². The van der Waals surface area contributed by atoms with Crippen molar-refractivity contribution in [3.05, 3.63) is 46.9 Å². The fraction of sp³-hybridized carbons (Fsp3) is 0.0625. The average molecular weight is 355 g/mol. The molecule has 1 heterocycles. The summed E-state index contributed by atoms with van der Waals surface area (Å²) in [5.41, 5.74) is 3.26. The number of benzene rings is 2. The summed E-state index contributed by atoms with van der Waals surface area (Å²) in [6, 6.07) is 15.1. The molecule has 0 unspecified atom stereocenters.